The Hall–Kier alpha value is -1.42. The van der Waals surface area contributed by atoms with Crippen molar-refractivity contribution in [3.05, 3.63) is 35.6 Å². The number of piperidine rings is 1. The summed E-state index contributed by atoms with van der Waals surface area (Å²) in [6.45, 7) is 5.32. The number of hydrogen-bond acceptors (Lipinski definition) is 2. The van der Waals surface area contributed by atoms with Gasteiger partial charge in [0.05, 0.1) is 0 Å². The maximum atomic E-state index is 12.9. The van der Waals surface area contributed by atoms with Crippen LogP contribution in [0, 0.1) is 5.82 Å². The number of benzene rings is 1. The standard InChI is InChI=1S/C15H21FN2O/c1-3-18-10-8-14(9-11-18)17(2)15(19)12-4-6-13(16)7-5-12/h4-7,14H,3,8-11H2,1-2H3. The van der Waals surface area contributed by atoms with E-state index in [-0.39, 0.29) is 11.7 Å². The first kappa shape index (κ1) is 14.0. The van der Waals surface area contributed by atoms with Crippen LogP contribution >= 0.6 is 0 Å². The van der Waals surface area contributed by atoms with Gasteiger partial charge in [-0.15, -0.1) is 0 Å². The van der Waals surface area contributed by atoms with Crippen molar-refractivity contribution in [3.63, 3.8) is 0 Å². The van der Waals surface area contributed by atoms with Crippen LogP contribution in [-0.4, -0.2) is 48.4 Å². The third-order valence-electron chi connectivity index (χ3n) is 3.96. The zero-order chi connectivity index (χ0) is 13.8. The lowest BCUT2D eigenvalue weighted by molar-refractivity contribution is 0.0647. The monoisotopic (exact) mass is 264 g/mol. The van der Waals surface area contributed by atoms with Crippen molar-refractivity contribution in [3.8, 4) is 0 Å². The molecule has 19 heavy (non-hydrogen) atoms. The molecule has 0 saturated carbocycles. The summed E-state index contributed by atoms with van der Waals surface area (Å²) in [5.41, 5.74) is 0.557. The topological polar surface area (TPSA) is 23.6 Å². The van der Waals surface area contributed by atoms with E-state index < -0.39 is 0 Å². The van der Waals surface area contributed by atoms with Gasteiger partial charge in [0, 0.05) is 31.7 Å². The van der Waals surface area contributed by atoms with Crippen molar-refractivity contribution in [2.45, 2.75) is 25.8 Å². The van der Waals surface area contributed by atoms with E-state index in [1.54, 1.807) is 17.0 Å². The molecule has 0 radical (unpaired) electrons. The summed E-state index contributed by atoms with van der Waals surface area (Å²) in [5, 5.41) is 0. The van der Waals surface area contributed by atoms with Gasteiger partial charge in [0.1, 0.15) is 5.82 Å². The van der Waals surface area contributed by atoms with Crippen molar-refractivity contribution < 1.29 is 9.18 Å². The van der Waals surface area contributed by atoms with E-state index in [1.807, 2.05) is 7.05 Å². The van der Waals surface area contributed by atoms with E-state index in [4.69, 9.17) is 0 Å². The Balaban J connectivity index is 1.98. The maximum absolute atomic E-state index is 12.9. The van der Waals surface area contributed by atoms with E-state index in [9.17, 15) is 9.18 Å². The Bertz CT molecular complexity index is 424. The fourth-order valence-electron chi connectivity index (χ4n) is 2.58. The van der Waals surface area contributed by atoms with Crippen molar-refractivity contribution in [2.75, 3.05) is 26.7 Å². The third-order valence-corrected chi connectivity index (χ3v) is 3.96. The van der Waals surface area contributed by atoms with Gasteiger partial charge < -0.3 is 9.80 Å². The molecule has 1 aromatic rings. The number of halogens is 1. The summed E-state index contributed by atoms with van der Waals surface area (Å²) in [4.78, 5) is 16.5. The first-order valence-corrected chi connectivity index (χ1v) is 6.87. The maximum Gasteiger partial charge on any atom is 0.253 e. The van der Waals surface area contributed by atoms with E-state index in [2.05, 4.69) is 11.8 Å². The first-order chi connectivity index (χ1) is 9.11. The molecule has 2 rings (SSSR count). The van der Waals surface area contributed by atoms with E-state index in [0.29, 0.717) is 11.6 Å². The number of nitrogens with zero attached hydrogens (tertiary/aromatic N) is 2. The summed E-state index contributed by atoms with van der Waals surface area (Å²) in [6, 6.07) is 6.06. The molecule has 0 unspecified atom stereocenters. The van der Waals surface area contributed by atoms with Gasteiger partial charge in [-0.3, -0.25) is 4.79 Å². The quantitative estimate of drug-likeness (QED) is 0.837. The predicted octanol–water partition coefficient (Wildman–Crippen LogP) is 2.38. The van der Waals surface area contributed by atoms with Crippen molar-refractivity contribution in [1.82, 2.24) is 9.80 Å². The lowest BCUT2D eigenvalue weighted by Crippen LogP contribution is -2.45. The third kappa shape index (κ3) is 3.32. The molecule has 1 aliphatic heterocycles. The minimum absolute atomic E-state index is 0.0186. The molecule has 0 aliphatic carbocycles. The summed E-state index contributed by atoms with van der Waals surface area (Å²) in [5.74, 6) is -0.328. The molecule has 1 fully saturated rings. The second-order valence-electron chi connectivity index (χ2n) is 5.09. The molecule has 3 nitrogen and oxygen atoms in total. The summed E-state index contributed by atoms with van der Waals surface area (Å²) in [6.07, 6.45) is 2.02. The van der Waals surface area contributed by atoms with E-state index >= 15 is 0 Å². The number of hydrogen-bond donors (Lipinski definition) is 0. The predicted molar refractivity (Wildman–Crippen MR) is 73.6 cm³/mol. The molecule has 1 aliphatic rings. The highest BCUT2D eigenvalue weighted by Crippen LogP contribution is 2.17. The average Bonchev–Trinajstić information content (AvgIpc) is 2.46. The number of amides is 1. The molecule has 4 heteroatoms. The highest BCUT2D eigenvalue weighted by atomic mass is 19.1. The minimum atomic E-state index is -0.310. The summed E-state index contributed by atoms with van der Waals surface area (Å²) >= 11 is 0. The fourth-order valence-corrected chi connectivity index (χ4v) is 2.58. The Morgan fingerprint density at radius 3 is 2.42 bits per heavy atom. The van der Waals surface area contributed by atoms with Crippen molar-refractivity contribution in [1.29, 1.82) is 0 Å². The molecule has 0 bridgehead atoms. The minimum Gasteiger partial charge on any atom is -0.339 e. The van der Waals surface area contributed by atoms with Gasteiger partial charge in [-0.25, -0.2) is 4.39 Å². The van der Waals surface area contributed by atoms with Gasteiger partial charge in [0.2, 0.25) is 0 Å². The summed E-state index contributed by atoms with van der Waals surface area (Å²) < 4.78 is 12.9. The Labute approximate surface area is 114 Å². The van der Waals surface area contributed by atoms with Crippen LogP contribution in [0.5, 0.6) is 0 Å². The average molecular weight is 264 g/mol. The molecular formula is C15H21FN2O. The van der Waals surface area contributed by atoms with Crippen LogP contribution < -0.4 is 0 Å². The number of carbonyl (C=O) groups excluding carboxylic acids is 1. The first-order valence-electron chi connectivity index (χ1n) is 6.87. The van der Waals surface area contributed by atoms with Gasteiger partial charge >= 0.3 is 0 Å². The molecule has 104 valence electrons. The van der Waals surface area contributed by atoms with E-state index in [0.717, 1.165) is 32.5 Å². The van der Waals surface area contributed by atoms with Gasteiger partial charge in [-0.1, -0.05) is 6.92 Å². The van der Waals surface area contributed by atoms with Gasteiger partial charge in [-0.2, -0.15) is 0 Å². The molecule has 1 saturated heterocycles. The smallest absolute Gasteiger partial charge is 0.253 e. The Morgan fingerprint density at radius 2 is 1.89 bits per heavy atom. The van der Waals surface area contributed by atoms with Crippen LogP contribution in [0.15, 0.2) is 24.3 Å². The Morgan fingerprint density at radius 1 is 1.32 bits per heavy atom. The van der Waals surface area contributed by atoms with Crippen molar-refractivity contribution in [2.24, 2.45) is 0 Å². The molecule has 0 spiro atoms. The molecular weight excluding hydrogens is 243 g/mol. The molecule has 0 atom stereocenters. The molecule has 0 N–H and O–H groups in total. The van der Waals surface area contributed by atoms with Gasteiger partial charge in [0.25, 0.3) is 5.91 Å². The van der Waals surface area contributed by atoms with Crippen LogP contribution in [0.25, 0.3) is 0 Å². The van der Waals surface area contributed by atoms with Crippen LogP contribution in [0.3, 0.4) is 0 Å². The van der Waals surface area contributed by atoms with Crippen LogP contribution in [0.2, 0.25) is 0 Å². The highest BCUT2D eigenvalue weighted by molar-refractivity contribution is 5.94. The second kappa shape index (κ2) is 6.15. The van der Waals surface area contributed by atoms with Crippen LogP contribution in [0.1, 0.15) is 30.1 Å². The number of carbonyl (C=O) groups is 1. The molecule has 1 amide bonds. The van der Waals surface area contributed by atoms with Crippen molar-refractivity contribution >= 4 is 5.91 Å². The second-order valence-corrected chi connectivity index (χ2v) is 5.09. The van der Waals surface area contributed by atoms with Gasteiger partial charge in [-0.05, 0) is 43.7 Å². The number of likely N-dealkylation sites (tertiary alicyclic amines) is 1. The highest BCUT2D eigenvalue weighted by Gasteiger charge is 2.25. The SMILES string of the molecule is CCN1CCC(N(C)C(=O)c2ccc(F)cc2)CC1. The van der Waals surface area contributed by atoms with Crippen LogP contribution in [-0.2, 0) is 0 Å². The zero-order valence-electron chi connectivity index (χ0n) is 11.6. The largest absolute Gasteiger partial charge is 0.339 e. The van der Waals surface area contributed by atoms with Crippen LogP contribution in [0.4, 0.5) is 4.39 Å². The van der Waals surface area contributed by atoms with E-state index in [1.165, 1.54) is 12.1 Å². The zero-order valence-corrected chi connectivity index (χ0v) is 11.6. The molecule has 1 aromatic carbocycles. The molecule has 1 heterocycles. The lowest BCUT2D eigenvalue weighted by atomic mass is 10.0. The lowest BCUT2D eigenvalue weighted by Gasteiger charge is -2.36. The molecule has 0 aromatic heterocycles. The number of rotatable bonds is 3. The van der Waals surface area contributed by atoms with Gasteiger partial charge in [0.15, 0.2) is 0 Å². The normalized spacial score (nSPS) is 17.4. The summed E-state index contributed by atoms with van der Waals surface area (Å²) in [7, 11) is 1.85. The fraction of sp³-hybridized carbons (Fsp3) is 0.533. The Kier molecular flexibility index (Phi) is 4.53.